The highest BCUT2D eigenvalue weighted by molar-refractivity contribution is 6.12. The average molecular weight is 364 g/mol. The highest BCUT2D eigenvalue weighted by Crippen LogP contribution is 2.24. The normalized spacial score (nSPS) is 17.0. The molecule has 0 fully saturated rings. The molecule has 2 N–H and O–H groups in total. The van der Waals surface area contributed by atoms with Crippen molar-refractivity contribution in [1.29, 1.82) is 0 Å². The maximum absolute atomic E-state index is 12.1. The van der Waals surface area contributed by atoms with Crippen molar-refractivity contribution >= 4 is 17.8 Å². The average Bonchev–Trinajstić information content (AvgIpc) is 2.88. The number of rotatable bonds is 6. The van der Waals surface area contributed by atoms with Crippen LogP contribution in [0.2, 0.25) is 0 Å². The minimum atomic E-state index is -0.570. The van der Waals surface area contributed by atoms with Gasteiger partial charge in [-0.3, -0.25) is 4.79 Å². The minimum absolute atomic E-state index is 0.137. The zero-order valence-electron chi connectivity index (χ0n) is 14.5. The van der Waals surface area contributed by atoms with Gasteiger partial charge in [-0.1, -0.05) is 12.1 Å². The molecule has 7 heteroatoms. The molecule has 0 bridgehead atoms. The van der Waals surface area contributed by atoms with Gasteiger partial charge in [0.25, 0.3) is 5.91 Å². The number of ether oxygens (including phenoxy) is 3. The van der Waals surface area contributed by atoms with Crippen molar-refractivity contribution in [3.05, 3.63) is 83.0 Å². The number of benzene rings is 1. The van der Waals surface area contributed by atoms with Crippen molar-refractivity contribution in [3.8, 4) is 5.75 Å². The first-order chi connectivity index (χ1) is 13.1. The van der Waals surface area contributed by atoms with Crippen molar-refractivity contribution in [2.45, 2.75) is 0 Å². The Hall–Kier alpha value is -3.83. The summed E-state index contributed by atoms with van der Waals surface area (Å²) in [6.45, 7) is -0.223. The summed E-state index contributed by atoms with van der Waals surface area (Å²) in [7, 11) is 1.53. The van der Waals surface area contributed by atoms with E-state index in [9.17, 15) is 9.59 Å². The van der Waals surface area contributed by atoms with Crippen molar-refractivity contribution < 1.29 is 23.8 Å². The van der Waals surface area contributed by atoms with Gasteiger partial charge in [0.2, 0.25) is 5.90 Å². The van der Waals surface area contributed by atoms with E-state index in [1.807, 2.05) is 6.07 Å². The van der Waals surface area contributed by atoms with Gasteiger partial charge in [-0.25, -0.2) is 9.79 Å². The smallest absolute Gasteiger partial charge is 0.363 e. The first kappa shape index (κ1) is 18.0. The van der Waals surface area contributed by atoms with Crippen molar-refractivity contribution in [3.63, 3.8) is 0 Å². The summed E-state index contributed by atoms with van der Waals surface area (Å²) < 4.78 is 15.8. The van der Waals surface area contributed by atoms with Crippen LogP contribution in [0.1, 0.15) is 5.56 Å². The number of aliphatic imine (C=N–C) groups is 1. The lowest BCUT2D eigenvalue weighted by Gasteiger charge is -2.05. The zero-order chi connectivity index (χ0) is 19.2. The first-order valence-corrected chi connectivity index (χ1v) is 7.99. The maximum Gasteiger partial charge on any atom is 0.363 e. The molecule has 0 spiro atoms. The second-order valence-corrected chi connectivity index (χ2v) is 5.46. The summed E-state index contributed by atoms with van der Waals surface area (Å²) in [6.07, 6.45) is 8.09. The third kappa shape index (κ3) is 4.42. The molecule has 1 aromatic carbocycles. The highest BCUT2D eigenvalue weighted by atomic mass is 16.6. The number of hydrogen-bond acceptors (Lipinski definition) is 6. The molecule has 0 radical (unpaired) electrons. The zero-order valence-corrected chi connectivity index (χ0v) is 14.5. The van der Waals surface area contributed by atoms with Gasteiger partial charge < -0.3 is 19.9 Å². The molecule has 1 aromatic rings. The summed E-state index contributed by atoms with van der Waals surface area (Å²) in [5.74, 6) is 0.0383. The minimum Gasteiger partial charge on any atom is -0.496 e. The van der Waals surface area contributed by atoms with E-state index in [0.717, 1.165) is 0 Å². The molecule has 136 valence electrons. The molecule has 0 unspecified atom stereocenters. The monoisotopic (exact) mass is 364 g/mol. The van der Waals surface area contributed by atoms with Crippen molar-refractivity contribution in [1.82, 2.24) is 0 Å². The van der Waals surface area contributed by atoms with Gasteiger partial charge in [-0.05, 0) is 42.5 Å². The third-order valence-corrected chi connectivity index (χ3v) is 3.56. The van der Waals surface area contributed by atoms with Gasteiger partial charge >= 0.3 is 5.97 Å². The Kier molecular flexibility index (Phi) is 5.35. The predicted molar refractivity (Wildman–Crippen MR) is 97.7 cm³/mol. The quantitative estimate of drug-likeness (QED) is 0.472. The number of hydrogen-bond donors (Lipinski definition) is 1. The Morgan fingerprint density at radius 1 is 1.33 bits per heavy atom. The number of allylic oxidation sites excluding steroid dienone is 5. The molecule has 0 aromatic heterocycles. The van der Waals surface area contributed by atoms with Crippen LogP contribution in [0.25, 0.3) is 0 Å². The van der Waals surface area contributed by atoms with Crippen LogP contribution in [0.3, 0.4) is 0 Å². The van der Waals surface area contributed by atoms with E-state index in [1.54, 1.807) is 48.6 Å². The van der Waals surface area contributed by atoms with Crippen LogP contribution in [0.5, 0.6) is 5.75 Å². The van der Waals surface area contributed by atoms with Crippen LogP contribution in [-0.4, -0.2) is 31.5 Å². The molecule has 0 saturated carbocycles. The number of primary amides is 1. The Balaban J connectivity index is 1.81. The fraction of sp³-hybridized carbons (Fsp3) is 0.100. The van der Waals surface area contributed by atoms with Gasteiger partial charge in [0, 0.05) is 5.57 Å². The topological polar surface area (TPSA) is 100 Å². The molecule has 7 nitrogen and oxygen atoms in total. The molecular weight excluding hydrogens is 348 g/mol. The molecular formula is C20H16N2O5. The van der Waals surface area contributed by atoms with E-state index < -0.39 is 11.9 Å². The van der Waals surface area contributed by atoms with Crippen LogP contribution in [-0.2, 0) is 19.1 Å². The molecule has 0 saturated heterocycles. The number of cyclic esters (lactones) is 1. The molecule has 0 atom stereocenters. The summed E-state index contributed by atoms with van der Waals surface area (Å²) in [4.78, 5) is 27.2. The van der Waals surface area contributed by atoms with E-state index in [0.29, 0.717) is 22.6 Å². The molecule has 2 aliphatic rings. The summed E-state index contributed by atoms with van der Waals surface area (Å²) in [5.41, 5.74) is 9.33. The number of carbonyl (C=O) groups excluding carboxylic acids is 2. The van der Waals surface area contributed by atoms with Crippen LogP contribution in [0.15, 0.2) is 82.4 Å². The molecule has 1 heterocycles. The molecule has 27 heavy (non-hydrogen) atoms. The fourth-order valence-corrected chi connectivity index (χ4v) is 2.33. The van der Waals surface area contributed by atoms with E-state index in [1.165, 1.54) is 7.11 Å². The Morgan fingerprint density at radius 2 is 2.15 bits per heavy atom. The van der Waals surface area contributed by atoms with Crippen LogP contribution in [0.4, 0.5) is 0 Å². The number of nitrogens with zero attached hydrogens (tertiary/aromatic N) is 1. The summed E-state index contributed by atoms with van der Waals surface area (Å²) >= 11 is 0. The lowest BCUT2D eigenvalue weighted by molar-refractivity contribution is -0.130. The van der Waals surface area contributed by atoms with Gasteiger partial charge in [-0.15, -0.1) is 5.73 Å². The van der Waals surface area contributed by atoms with Gasteiger partial charge in [0.15, 0.2) is 12.3 Å². The van der Waals surface area contributed by atoms with Crippen molar-refractivity contribution in [2.75, 3.05) is 13.7 Å². The standard InChI is InChI=1S/C20H16N2O5/c1-25-17-8-3-2-7-15(17)19-22-16(20(24)27-19)11-13-5-4-6-14(10-9-13)26-12-18(21)23/h2-4,6-11H,12H2,1H3,(H2,21,23)/b16-11+. The van der Waals surface area contributed by atoms with Crippen molar-refractivity contribution in [2.24, 2.45) is 10.7 Å². The van der Waals surface area contributed by atoms with Crippen LogP contribution in [0, 0.1) is 0 Å². The van der Waals surface area contributed by atoms with Crippen LogP contribution < -0.4 is 10.5 Å². The lowest BCUT2D eigenvalue weighted by atomic mass is 10.2. The SMILES string of the molecule is COc1ccccc1C1=N/C(=C/C2=C=CC=C(OCC(N)=O)C=C2)C(=O)O1. The molecule has 1 amide bonds. The molecule has 1 aliphatic heterocycles. The third-order valence-electron chi connectivity index (χ3n) is 3.56. The Labute approximate surface area is 155 Å². The molecule has 3 rings (SSSR count). The summed E-state index contributed by atoms with van der Waals surface area (Å²) in [5, 5.41) is 0. The first-order valence-electron chi connectivity index (χ1n) is 7.99. The molecule has 1 aliphatic carbocycles. The second kappa shape index (κ2) is 8.03. The Bertz CT molecular complexity index is 976. The largest absolute Gasteiger partial charge is 0.496 e. The second-order valence-electron chi connectivity index (χ2n) is 5.46. The van der Waals surface area contributed by atoms with Gasteiger partial charge in [0.05, 0.1) is 12.7 Å². The number of amides is 1. The number of nitrogens with two attached hydrogens (primary N) is 1. The number of carbonyl (C=O) groups is 2. The summed E-state index contributed by atoms with van der Waals surface area (Å²) in [6, 6.07) is 7.12. The van der Waals surface area contributed by atoms with E-state index >= 15 is 0 Å². The lowest BCUT2D eigenvalue weighted by Crippen LogP contribution is -2.17. The number of esters is 1. The van der Waals surface area contributed by atoms with Crippen LogP contribution >= 0.6 is 0 Å². The van der Waals surface area contributed by atoms with E-state index in [4.69, 9.17) is 19.9 Å². The predicted octanol–water partition coefficient (Wildman–Crippen LogP) is 1.92. The van der Waals surface area contributed by atoms with E-state index in [2.05, 4.69) is 10.7 Å². The maximum atomic E-state index is 12.1. The van der Waals surface area contributed by atoms with Gasteiger partial charge in [0.1, 0.15) is 11.5 Å². The van der Waals surface area contributed by atoms with Gasteiger partial charge in [-0.2, -0.15) is 0 Å². The number of methoxy groups -OCH3 is 1. The van der Waals surface area contributed by atoms with E-state index in [-0.39, 0.29) is 18.2 Å². The number of para-hydroxylation sites is 1. The Morgan fingerprint density at radius 3 is 2.93 bits per heavy atom. The fourth-order valence-electron chi connectivity index (χ4n) is 2.33. The highest BCUT2D eigenvalue weighted by Gasteiger charge is 2.26.